The third kappa shape index (κ3) is 3.32. The number of carbonyl (C=O) groups is 1. The van der Waals surface area contributed by atoms with Crippen LogP contribution in [0.5, 0.6) is 0 Å². The summed E-state index contributed by atoms with van der Waals surface area (Å²) in [6, 6.07) is 3.18. The van der Waals surface area contributed by atoms with E-state index >= 15 is 0 Å². The van der Waals surface area contributed by atoms with Gasteiger partial charge in [0.25, 0.3) is 0 Å². The van der Waals surface area contributed by atoms with E-state index in [1.54, 1.807) is 29.2 Å². The molecule has 1 fully saturated rings. The van der Waals surface area contributed by atoms with Gasteiger partial charge >= 0.3 is 0 Å². The highest BCUT2D eigenvalue weighted by Crippen LogP contribution is 2.29. The molecule has 0 bridgehead atoms. The van der Waals surface area contributed by atoms with E-state index in [0.717, 1.165) is 5.56 Å². The fraction of sp³-hybridized carbons (Fsp3) is 0.294. The van der Waals surface area contributed by atoms with Crippen LogP contribution in [0.3, 0.4) is 0 Å². The van der Waals surface area contributed by atoms with Crippen LogP contribution in [0, 0.1) is 0 Å². The molecule has 0 saturated carbocycles. The van der Waals surface area contributed by atoms with Gasteiger partial charge in [0.05, 0.1) is 45.6 Å². The van der Waals surface area contributed by atoms with Gasteiger partial charge in [0.1, 0.15) is 5.82 Å². The maximum Gasteiger partial charge on any atom is 0.220 e. The molecule has 0 spiro atoms. The fourth-order valence-electron chi connectivity index (χ4n) is 3.14. The number of carbonyl (C=O) groups excluding carboxylic acids is 1. The summed E-state index contributed by atoms with van der Waals surface area (Å²) >= 11 is 12.1. The standard InChI is InChI=1S/C17H16Cl2N6O/c1-25-8-9(6-21-25)17-12(2-3-16(26)24-17)22-15-7-20-13-4-10(18)11(19)5-14(13)23-15/h4-8,12,17H,2-3H2,1H3,(H,22,23)(H,24,26)/t12-,17+/m1/s1. The van der Waals surface area contributed by atoms with Gasteiger partial charge in [0.2, 0.25) is 5.91 Å². The summed E-state index contributed by atoms with van der Waals surface area (Å²) < 4.78 is 1.72. The summed E-state index contributed by atoms with van der Waals surface area (Å²) in [5.74, 6) is 0.647. The van der Waals surface area contributed by atoms with Gasteiger partial charge in [-0.1, -0.05) is 23.2 Å². The SMILES string of the molecule is Cn1cc([C@@H]2NC(=O)CC[C@H]2Nc2cnc3cc(Cl)c(Cl)cc3n2)cn1. The summed E-state index contributed by atoms with van der Waals surface area (Å²) in [5, 5.41) is 11.5. The number of aromatic nitrogens is 4. The maximum absolute atomic E-state index is 11.9. The number of fused-ring (bicyclic) bond motifs is 1. The highest BCUT2D eigenvalue weighted by molar-refractivity contribution is 6.42. The Hall–Kier alpha value is -2.38. The zero-order valence-electron chi connectivity index (χ0n) is 13.9. The average molecular weight is 391 g/mol. The van der Waals surface area contributed by atoms with E-state index in [1.807, 2.05) is 13.2 Å². The van der Waals surface area contributed by atoms with E-state index < -0.39 is 0 Å². The molecule has 1 aliphatic rings. The van der Waals surface area contributed by atoms with Crippen molar-refractivity contribution in [1.82, 2.24) is 25.1 Å². The van der Waals surface area contributed by atoms with Crippen LogP contribution >= 0.6 is 23.2 Å². The Morgan fingerprint density at radius 1 is 1.23 bits per heavy atom. The number of hydrogen-bond donors (Lipinski definition) is 2. The van der Waals surface area contributed by atoms with Gasteiger partial charge in [-0.25, -0.2) is 4.98 Å². The van der Waals surface area contributed by atoms with Crippen molar-refractivity contribution in [3.63, 3.8) is 0 Å². The quantitative estimate of drug-likeness (QED) is 0.717. The Kier molecular flexibility index (Phi) is 4.42. The number of piperidine rings is 1. The van der Waals surface area contributed by atoms with Crippen molar-refractivity contribution in [3.8, 4) is 0 Å². The Balaban J connectivity index is 1.62. The molecule has 1 amide bonds. The van der Waals surface area contributed by atoms with Crippen molar-refractivity contribution in [3.05, 3.63) is 46.3 Å². The number of hydrogen-bond acceptors (Lipinski definition) is 5. The molecule has 0 aliphatic carbocycles. The first kappa shape index (κ1) is 17.1. The van der Waals surface area contributed by atoms with Gasteiger partial charge in [-0.3, -0.25) is 14.5 Å². The number of rotatable bonds is 3. The van der Waals surface area contributed by atoms with E-state index in [1.165, 1.54) is 0 Å². The van der Waals surface area contributed by atoms with Gasteiger partial charge in [-0.05, 0) is 18.6 Å². The topological polar surface area (TPSA) is 84.7 Å². The van der Waals surface area contributed by atoms with E-state index in [0.29, 0.717) is 39.7 Å². The fourth-order valence-corrected chi connectivity index (χ4v) is 3.45. The molecule has 26 heavy (non-hydrogen) atoms. The average Bonchev–Trinajstić information content (AvgIpc) is 3.04. The third-order valence-electron chi connectivity index (χ3n) is 4.40. The monoisotopic (exact) mass is 390 g/mol. The Morgan fingerprint density at radius 3 is 2.73 bits per heavy atom. The molecule has 9 heteroatoms. The number of aryl methyl sites for hydroxylation is 1. The van der Waals surface area contributed by atoms with Crippen LogP contribution < -0.4 is 10.6 Å². The summed E-state index contributed by atoms with van der Waals surface area (Å²) in [6.07, 6.45) is 6.46. The molecule has 134 valence electrons. The van der Waals surface area contributed by atoms with Crippen LogP contribution in [-0.2, 0) is 11.8 Å². The lowest BCUT2D eigenvalue weighted by Crippen LogP contribution is -2.45. The van der Waals surface area contributed by atoms with Gasteiger partial charge in [0, 0.05) is 25.2 Å². The maximum atomic E-state index is 11.9. The first-order valence-electron chi connectivity index (χ1n) is 8.16. The summed E-state index contributed by atoms with van der Waals surface area (Å²) in [5.41, 5.74) is 2.27. The second kappa shape index (κ2) is 6.74. The molecule has 2 atom stereocenters. The molecular formula is C17H16Cl2N6O. The lowest BCUT2D eigenvalue weighted by atomic mass is 9.94. The summed E-state index contributed by atoms with van der Waals surface area (Å²) in [6.45, 7) is 0. The predicted molar refractivity (Wildman–Crippen MR) is 100 cm³/mol. The van der Waals surface area contributed by atoms with Crippen molar-refractivity contribution in [2.45, 2.75) is 24.9 Å². The Morgan fingerprint density at radius 2 is 2.00 bits per heavy atom. The minimum Gasteiger partial charge on any atom is -0.364 e. The van der Waals surface area contributed by atoms with Crippen LogP contribution in [0.2, 0.25) is 10.0 Å². The molecule has 2 N–H and O–H groups in total. The van der Waals surface area contributed by atoms with Crippen molar-refractivity contribution < 1.29 is 4.79 Å². The molecule has 0 radical (unpaired) electrons. The Bertz CT molecular complexity index is 989. The molecular weight excluding hydrogens is 375 g/mol. The molecule has 7 nitrogen and oxygen atoms in total. The second-order valence-corrected chi connectivity index (χ2v) is 7.11. The van der Waals surface area contributed by atoms with Gasteiger partial charge in [0.15, 0.2) is 0 Å². The van der Waals surface area contributed by atoms with Crippen LogP contribution in [0.15, 0.2) is 30.7 Å². The minimum atomic E-state index is -0.184. The van der Waals surface area contributed by atoms with Crippen molar-refractivity contribution >= 4 is 46.0 Å². The first-order chi connectivity index (χ1) is 12.5. The van der Waals surface area contributed by atoms with Gasteiger partial charge in [-0.2, -0.15) is 5.10 Å². The molecule has 3 aromatic rings. The molecule has 0 unspecified atom stereocenters. The Labute approximate surface area is 159 Å². The normalized spacial score (nSPS) is 20.2. The van der Waals surface area contributed by atoms with Crippen molar-refractivity contribution in [1.29, 1.82) is 0 Å². The molecule has 1 aromatic carbocycles. The van der Waals surface area contributed by atoms with Crippen molar-refractivity contribution in [2.75, 3.05) is 5.32 Å². The van der Waals surface area contributed by atoms with Gasteiger partial charge in [-0.15, -0.1) is 0 Å². The first-order valence-corrected chi connectivity index (χ1v) is 8.91. The molecule has 1 aliphatic heterocycles. The van der Waals surface area contributed by atoms with Crippen LogP contribution in [0.4, 0.5) is 5.82 Å². The number of benzene rings is 1. The van der Waals surface area contributed by atoms with E-state index in [-0.39, 0.29) is 18.0 Å². The van der Waals surface area contributed by atoms with Gasteiger partial charge < -0.3 is 10.6 Å². The highest BCUT2D eigenvalue weighted by atomic mass is 35.5. The molecule has 2 aromatic heterocycles. The van der Waals surface area contributed by atoms with Crippen molar-refractivity contribution in [2.24, 2.45) is 7.05 Å². The van der Waals surface area contributed by atoms with E-state index in [9.17, 15) is 4.79 Å². The highest BCUT2D eigenvalue weighted by Gasteiger charge is 2.31. The third-order valence-corrected chi connectivity index (χ3v) is 5.12. The van der Waals surface area contributed by atoms with E-state index in [2.05, 4.69) is 25.7 Å². The zero-order valence-corrected chi connectivity index (χ0v) is 15.4. The van der Waals surface area contributed by atoms with Crippen LogP contribution in [-0.4, -0.2) is 31.7 Å². The predicted octanol–water partition coefficient (Wildman–Crippen LogP) is 3.10. The lowest BCUT2D eigenvalue weighted by Gasteiger charge is -2.32. The number of halogens is 2. The van der Waals surface area contributed by atoms with Crippen LogP contribution in [0.1, 0.15) is 24.4 Å². The second-order valence-electron chi connectivity index (χ2n) is 6.29. The number of amides is 1. The summed E-state index contributed by atoms with van der Waals surface area (Å²) in [7, 11) is 1.85. The number of nitrogens with one attached hydrogen (secondary N) is 2. The lowest BCUT2D eigenvalue weighted by molar-refractivity contribution is -0.123. The number of nitrogens with zero attached hydrogens (tertiary/aromatic N) is 4. The molecule has 3 heterocycles. The molecule has 4 rings (SSSR count). The molecule has 1 saturated heterocycles. The largest absolute Gasteiger partial charge is 0.364 e. The summed E-state index contributed by atoms with van der Waals surface area (Å²) in [4.78, 5) is 20.8. The van der Waals surface area contributed by atoms with Crippen LogP contribution in [0.25, 0.3) is 11.0 Å². The number of anilines is 1. The smallest absolute Gasteiger partial charge is 0.220 e. The zero-order chi connectivity index (χ0) is 18.3. The van der Waals surface area contributed by atoms with E-state index in [4.69, 9.17) is 23.2 Å². The minimum absolute atomic E-state index is 0.0218.